The summed E-state index contributed by atoms with van der Waals surface area (Å²) in [5, 5.41) is 3.65. The summed E-state index contributed by atoms with van der Waals surface area (Å²) >= 11 is 0. The van der Waals surface area contributed by atoms with Crippen molar-refractivity contribution in [3.8, 4) is 5.75 Å². The van der Waals surface area contributed by atoms with Gasteiger partial charge in [-0.15, -0.1) is 0 Å². The summed E-state index contributed by atoms with van der Waals surface area (Å²) in [5.41, 5.74) is 1.36. The Hall–Kier alpha value is -1.06. The maximum Gasteiger partial charge on any atom is 0.119 e. The smallest absolute Gasteiger partial charge is 0.119 e. The summed E-state index contributed by atoms with van der Waals surface area (Å²) in [5.74, 6) is 0.964. The van der Waals surface area contributed by atoms with E-state index in [0.717, 1.165) is 25.4 Å². The molecule has 0 radical (unpaired) electrons. The molecule has 0 aromatic heterocycles. The molecule has 1 heterocycles. The average Bonchev–Trinajstić information content (AvgIpc) is 2.50. The fraction of sp³-hybridized carbons (Fsp3) is 0.667. The van der Waals surface area contributed by atoms with Crippen LogP contribution in [-0.2, 0) is 6.54 Å². The Morgan fingerprint density at radius 2 is 2.00 bits per heavy atom. The van der Waals surface area contributed by atoms with Crippen molar-refractivity contribution >= 4 is 0 Å². The van der Waals surface area contributed by atoms with Crippen molar-refractivity contribution in [2.75, 3.05) is 19.7 Å². The van der Waals surface area contributed by atoms with E-state index in [1.807, 2.05) is 6.92 Å². The van der Waals surface area contributed by atoms with E-state index < -0.39 is 0 Å². The molecule has 0 amide bonds. The van der Waals surface area contributed by atoms with Crippen molar-refractivity contribution in [3.05, 3.63) is 29.8 Å². The quantitative estimate of drug-likeness (QED) is 0.832. The van der Waals surface area contributed by atoms with E-state index in [0.29, 0.717) is 12.1 Å². The van der Waals surface area contributed by atoms with Crippen LogP contribution in [-0.4, -0.2) is 36.7 Å². The highest BCUT2D eigenvalue weighted by Gasteiger charge is 2.18. The van der Waals surface area contributed by atoms with Crippen molar-refractivity contribution in [1.29, 1.82) is 0 Å². The molecule has 1 aliphatic heterocycles. The van der Waals surface area contributed by atoms with Gasteiger partial charge in [-0.1, -0.05) is 18.6 Å². The number of rotatable bonds is 7. The lowest BCUT2D eigenvalue weighted by atomic mass is 10.0. The fourth-order valence-corrected chi connectivity index (χ4v) is 2.91. The Morgan fingerprint density at radius 1 is 1.24 bits per heavy atom. The van der Waals surface area contributed by atoms with E-state index in [1.54, 1.807) is 0 Å². The van der Waals surface area contributed by atoms with Gasteiger partial charge in [0, 0.05) is 25.2 Å². The van der Waals surface area contributed by atoms with Gasteiger partial charge in [-0.05, 0) is 57.9 Å². The predicted molar refractivity (Wildman–Crippen MR) is 88.8 cm³/mol. The van der Waals surface area contributed by atoms with Crippen LogP contribution in [0.3, 0.4) is 0 Å². The molecule has 2 rings (SSSR count). The zero-order valence-electron chi connectivity index (χ0n) is 13.8. The van der Waals surface area contributed by atoms with Gasteiger partial charge in [0.2, 0.25) is 0 Å². The third-order valence-electron chi connectivity index (χ3n) is 4.22. The first-order chi connectivity index (χ1) is 10.2. The van der Waals surface area contributed by atoms with E-state index in [4.69, 9.17) is 4.74 Å². The fourth-order valence-electron chi connectivity index (χ4n) is 2.91. The molecule has 1 unspecified atom stereocenters. The second-order valence-corrected chi connectivity index (χ2v) is 6.25. The van der Waals surface area contributed by atoms with E-state index in [2.05, 4.69) is 48.3 Å². The van der Waals surface area contributed by atoms with Gasteiger partial charge in [0.25, 0.3) is 0 Å². The van der Waals surface area contributed by atoms with Gasteiger partial charge in [0.15, 0.2) is 0 Å². The van der Waals surface area contributed by atoms with Crippen LogP contribution in [0.5, 0.6) is 5.75 Å². The first-order valence-electron chi connectivity index (χ1n) is 8.38. The van der Waals surface area contributed by atoms with Crippen LogP contribution < -0.4 is 10.1 Å². The lowest BCUT2D eigenvalue weighted by molar-refractivity contribution is 0.177. The van der Waals surface area contributed by atoms with Gasteiger partial charge in [-0.2, -0.15) is 0 Å². The molecule has 3 heteroatoms. The lowest BCUT2D eigenvalue weighted by Crippen LogP contribution is -2.45. The SMILES string of the molecule is CCOc1ccc(CN(CC2CCCCN2)C(C)C)cc1. The highest BCUT2D eigenvalue weighted by atomic mass is 16.5. The van der Waals surface area contributed by atoms with Crippen LogP contribution in [0.15, 0.2) is 24.3 Å². The summed E-state index contributed by atoms with van der Waals surface area (Å²) in [6.07, 6.45) is 4.01. The second-order valence-electron chi connectivity index (χ2n) is 6.25. The van der Waals surface area contributed by atoms with Crippen molar-refractivity contribution in [2.45, 2.75) is 58.7 Å². The number of nitrogens with one attached hydrogen (secondary N) is 1. The number of hydrogen-bond donors (Lipinski definition) is 1. The highest BCUT2D eigenvalue weighted by molar-refractivity contribution is 5.27. The van der Waals surface area contributed by atoms with Crippen LogP contribution >= 0.6 is 0 Å². The number of hydrogen-bond acceptors (Lipinski definition) is 3. The van der Waals surface area contributed by atoms with E-state index in [1.165, 1.54) is 31.4 Å². The summed E-state index contributed by atoms with van der Waals surface area (Å²) < 4.78 is 5.51. The molecule has 0 saturated carbocycles. The zero-order valence-corrected chi connectivity index (χ0v) is 13.8. The van der Waals surface area contributed by atoms with Gasteiger partial charge >= 0.3 is 0 Å². The Morgan fingerprint density at radius 3 is 2.57 bits per heavy atom. The van der Waals surface area contributed by atoms with Crippen LogP contribution in [0.4, 0.5) is 0 Å². The summed E-state index contributed by atoms with van der Waals surface area (Å²) in [6.45, 7) is 10.7. The standard InChI is InChI=1S/C18H30N2O/c1-4-21-18-10-8-16(9-11-18)13-20(15(2)3)14-17-7-5-6-12-19-17/h8-11,15,17,19H,4-7,12-14H2,1-3H3. The third kappa shape index (κ3) is 5.33. The van der Waals surface area contributed by atoms with Gasteiger partial charge < -0.3 is 10.1 Å². The minimum atomic E-state index is 0.570. The molecule has 1 aromatic rings. The Labute approximate surface area is 129 Å². The van der Waals surface area contributed by atoms with Crippen LogP contribution in [0.2, 0.25) is 0 Å². The first-order valence-corrected chi connectivity index (χ1v) is 8.38. The summed E-state index contributed by atoms with van der Waals surface area (Å²) in [7, 11) is 0. The van der Waals surface area contributed by atoms with Gasteiger partial charge in [-0.25, -0.2) is 0 Å². The normalized spacial score (nSPS) is 19.2. The molecule has 1 atom stereocenters. The molecular weight excluding hydrogens is 260 g/mol. The topological polar surface area (TPSA) is 24.5 Å². The zero-order chi connectivity index (χ0) is 15.1. The minimum Gasteiger partial charge on any atom is -0.494 e. The van der Waals surface area contributed by atoms with Crippen molar-refractivity contribution in [1.82, 2.24) is 10.2 Å². The van der Waals surface area contributed by atoms with Gasteiger partial charge in [0.05, 0.1) is 6.61 Å². The molecule has 1 N–H and O–H groups in total. The van der Waals surface area contributed by atoms with Crippen molar-refractivity contribution < 1.29 is 4.74 Å². The second kappa shape index (κ2) is 8.40. The van der Waals surface area contributed by atoms with E-state index in [-0.39, 0.29) is 0 Å². The predicted octanol–water partition coefficient (Wildman–Crippen LogP) is 3.44. The Kier molecular flexibility index (Phi) is 6.52. The van der Waals surface area contributed by atoms with Crippen molar-refractivity contribution in [3.63, 3.8) is 0 Å². The van der Waals surface area contributed by atoms with Gasteiger partial charge in [0.1, 0.15) is 5.75 Å². The molecule has 1 aliphatic rings. The van der Waals surface area contributed by atoms with Gasteiger partial charge in [-0.3, -0.25) is 4.90 Å². The molecule has 0 aliphatic carbocycles. The molecule has 1 saturated heterocycles. The Balaban J connectivity index is 1.91. The first kappa shape index (κ1) is 16.3. The van der Waals surface area contributed by atoms with Crippen LogP contribution in [0.25, 0.3) is 0 Å². The molecule has 118 valence electrons. The molecule has 1 aromatic carbocycles. The number of piperidine rings is 1. The minimum absolute atomic E-state index is 0.570. The molecule has 1 fully saturated rings. The monoisotopic (exact) mass is 290 g/mol. The maximum atomic E-state index is 5.51. The Bertz CT molecular complexity index is 396. The molecule has 3 nitrogen and oxygen atoms in total. The summed E-state index contributed by atoms with van der Waals surface area (Å²) in [6, 6.07) is 9.76. The lowest BCUT2D eigenvalue weighted by Gasteiger charge is -2.33. The number of nitrogens with zero attached hydrogens (tertiary/aromatic N) is 1. The third-order valence-corrected chi connectivity index (χ3v) is 4.22. The number of benzene rings is 1. The highest BCUT2D eigenvalue weighted by Crippen LogP contribution is 2.16. The molecule has 0 bridgehead atoms. The maximum absolute atomic E-state index is 5.51. The average molecular weight is 290 g/mol. The molecule has 0 spiro atoms. The van der Waals surface area contributed by atoms with Crippen LogP contribution in [0, 0.1) is 0 Å². The summed E-state index contributed by atoms with van der Waals surface area (Å²) in [4.78, 5) is 2.57. The van der Waals surface area contributed by atoms with Crippen LogP contribution in [0.1, 0.15) is 45.6 Å². The van der Waals surface area contributed by atoms with E-state index >= 15 is 0 Å². The van der Waals surface area contributed by atoms with E-state index in [9.17, 15) is 0 Å². The molecular formula is C18H30N2O. The molecule has 21 heavy (non-hydrogen) atoms. The largest absolute Gasteiger partial charge is 0.494 e. The van der Waals surface area contributed by atoms with Crippen molar-refractivity contribution in [2.24, 2.45) is 0 Å². The number of ether oxygens (including phenoxy) is 1.